The highest BCUT2D eigenvalue weighted by Gasteiger charge is 2.27. The Morgan fingerprint density at radius 1 is 1.20 bits per heavy atom. The number of carbonyl (C=O) groups excluding carboxylic acids is 1. The van der Waals surface area contributed by atoms with Gasteiger partial charge < -0.3 is 10.0 Å². The molecule has 1 unspecified atom stereocenters. The summed E-state index contributed by atoms with van der Waals surface area (Å²) in [6.07, 6.45) is 7.15. The molecule has 0 radical (unpaired) electrons. The lowest BCUT2D eigenvalue weighted by molar-refractivity contribution is -0.119. The third-order valence-electron chi connectivity index (χ3n) is 4.75. The van der Waals surface area contributed by atoms with Crippen LogP contribution in [0.5, 0.6) is 0 Å². The molecule has 3 nitrogen and oxygen atoms in total. The maximum atomic E-state index is 12.5. The maximum Gasteiger partial charge on any atom is 0.226 e. The van der Waals surface area contributed by atoms with Crippen molar-refractivity contribution in [3.05, 3.63) is 29.8 Å². The summed E-state index contributed by atoms with van der Waals surface area (Å²) in [6.45, 7) is 0.641. The molecule has 1 heterocycles. The zero-order valence-electron chi connectivity index (χ0n) is 11.9. The Hall–Kier alpha value is -1.35. The Morgan fingerprint density at radius 3 is 2.75 bits per heavy atom. The van der Waals surface area contributed by atoms with Crippen LogP contribution in [0.3, 0.4) is 0 Å². The highest BCUT2D eigenvalue weighted by Crippen LogP contribution is 2.34. The van der Waals surface area contributed by atoms with Crippen LogP contribution in [0.25, 0.3) is 0 Å². The summed E-state index contributed by atoms with van der Waals surface area (Å²) in [5.41, 5.74) is 1.80. The largest absolute Gasteiger partial charge is 0.388 e. The summed E-state index contributed by atoms with van der Waals surface area (Å²) in [5, 5.41) is 10.0. The fraction of sp³-hybridized carbons (Fsp3) is 0.588. The van der Waals surface area contributed by atoms with E-state index in [9.17, 15) is 9.90 Å². The molecule has 1 aromatic carbocycles. The van der Waals surface area contributed by atoms with Crippen LogP contribution in [-0.4, -0.2) is 17.6 Å². The minimum Gasteiger partial charge on any atom is -0.388 e. The molecule has 1 amide bonds. The van der Waals surface area contributed by atoms with Crippen LogP contribution in [0.4, 0.5) is 5.69 Å². The summed E-state index contributed by atoms with van der Waals surface area (Å²) in [5.74, 6) is 0.973. The smallest absolute Gasteiger partial charge is 0.226 e. The average molecular weight is 273 g/mol. The van der Waals surface area contributed by atoms with Crippen LogP contribution < -0.4 is 4.90 Å². The van der Waals surface area contributed by atoms with Crippen molar-refractivity contribution < 1.29 is 9.90 Å². The van der Waals surface area contributed by atoms with Gasteiger partial charge in [0.05, 0.1) is 6.10 Å². The lowest BCUT2D eigenvalue weighted by Gasteiger charge is -2.32. The fourth-order valence-electron chi connectivity index (χ4n) is 3.56. The molecule has 1 atom stereocenters. The van der Waals surface area contributed by atoms with Gasteiger partial charge in [-0.1, -0.05) is 43.9 Å². The lowest BCUT2D eigenvalue weighted by Crippen LogP contribution is -2.36. The third-order valence-corrected chi connectivity index (χ3v) is 4.75. The van der Waals surface area contributed by atoms with Gasteiger partial charge in [0.2, 0.25) is 5.91 Å². The van der Waals surface area contributed by atoms with Crippen LogP contribution in [-0.2, 0) is 4.79 Å². The number of para-hydroxylation sites is 1. The molecule has 108 valence electrons. The summed E-state index contributed by atoms with van der Waals surface area (Å²) in [4.78, 5) is 14.3. The molecule has 0 saturated heterocycles. The fourth-order valence-corrected chi connectivity index (χ4v) is 3.56. The van der Waals surface area contributed by atoms with Crippen molar-refractivity contribution in [2.24, 2.45) is 5.92 Å². The van der Waals surface area contributed by atoms with Gasteiger partial charge in [-0.2, -0.15) is 0 Å². The van der Waals surface area contributed by atoms with Gasteiger partial charge >= 0.3 is 0 Å². The minimum absolute atomic E-state index is 0.219. The van der Waals surface area contributed by atoms with E-state index in [1.807, 2.05) is 29.2 Å². The number of aliphatic hydroxyl groups excluding tert-OH is 1. The number of carbonyl (C=O) groups is 1. The van der Waals surface area contributed by atoms with Crippen LogP contribution in [0, 0.1) is 5.92 Å². The van der Waals surface area contributed by atoms with Crippen LogP contribution >= 0.6 is 0 Å². The normalized spacial score (nSPS) is 22.9. The van der Waals surface area contributed by atoms with E-state index in [2.05, 4.69) is 0 Å². The number of anilines is 1. The van der Waals surface area contributed by atoms with E-state index in [0.29, 0.717) is 19.4 Å². The van der Waals surface area contributed by atoms with Gasteiger partial charge in [0.25, 0.3) is 0 Å². The van der Waals surface area contributed by atoms with Crippen molar-refractivity contribution in [1.29, 1.82) is 0 Å². The highest BCUT2D eigenvalue weighted by atomic mass is 16.3. The van der Waals surface area contributed by atoms with Crippen LogP contribution in [0.2, 0.25) is 0 Å². The first-order valence-corrected chi connectivity index (χ1v) is 7.83. The van der Waals surface area contributed by atoms with Gasteiger partial charge in [-0.05, 0) is 24.8 Å². The lowest BCUT2D eigenvalue weighted by atomic mass is 9.97. The molecule has 1 N–H and O–H groups in total. The molecule has 0 bridgehead atoms. The van der Waals surface area contributed by atoms with E-state index in [4.69, 9.17) is 0 Å². The van der Waals surface area contributed by atoms with Gasteiger partial charge in [0, 0.05) is 24.2 Å². The number of aliphatic hydroxyl groups is 1. The molecular formula is C17H23NO2. The summed E-state index contributed by atoms with van der Waals surface area (Å²) in [6, 6.07) is 7.74. The quantitative estimate of drug-likeness (QED) is 0.916. The molecular weight excluding hydrogens is 250 g/mol. The van der Waals surface area contributed by atoms with Gasteiger partial charge in [-0.15, -0.1) is 0 Å². The van der Waals surface area contributed by atoms with E-state index in [-0.39, 0.29) is 5.91 Å². The van der Waals surface area contributed by atoms with E-state index in [1.54, 1.807) is 0 Å². The Kier molecular flexibility index (Phi) is 4.06. The van der Waals surface area contributed by atoms with Gasteiger partial charge in [0.1, 0.15) is 0 Å². The molecule has 2 aliphatic rings. The molecule has 1 aliphatic heterocycles. The van der Waals surface area contributed by atoms with Crippen LogP contribution in [0.15, 0.2) is 24.3 Å². The first-order chi connectivity index (χ1) is 9.75. The maximum absolute atomic E-state index is 12.5. The first-order valence-electron chi connectivity index (χ1n) is 7.83. The molecule has 1 aliphatic carbocycles. The number of hydrogen-bond acceptors (Lipinski definition) is 2. The monoisotopic (exact) mass is 273 g/mol. The summed E-state index contributed by atoms with van der Waals surface area (Å²) < 4.78 is 0. The average Bonchev–Trinajstić information content (AvgIpc) is 2.99. The van der Waals surface area contributed by atoms with E-state index >= 15 is 0 Å². The molecule has 3 heteroatoms. The molecule has 20 heavy (non-hydrogen) atoms. The van der Waals surface area contributed by atoms with Crippen molar-refractivity contribution in [2.45, 2.75) is 51.0 Å². The van der Waals surface area contributed by atoms with Crippen molar-refractivity contribution >= 4 is 11.6 Å². The number of hydrogen-bond donors (Lipinski definition) is 1. The van der Waals surface area contributed by atoms with Gasteiger partial charge in [-0.25, -0.2) is 0 Å². The minimum atomic E-state index is -0.426. The zero-order chi connectivity index (χ0) is 13.9. The number of nitrogens with zero attached hydrogens (tertiary/aromatic N) is 1. The number of fused-ring (bicyclic) bond motifs is 1. The van der Waals surface area contributed by atoms with Crippen molar-refractivity contribution in [1.82, 2.24) is 0 Å². The topological polar surface area (TPSA) is 40.5 Å². The molecule has 0 spiro atoms. The predicted octanol–water partition coefficient (Wildman–Crippen LogP) is 3.43. The second kappa shape index (κ2) is 5.96. The number of rotatable bonds is 3. The first kappa shape index (κ1) is 13.6. The molecule has 1 aromatic rings. The standard InChI is InChI=1S/C17H23NO2/c19-16-11-12-18(15-8-4-3-7-14(15)16)17(20)10-9-13-5-1-2-6-13/h3-4,7-8,13,16,19H,1-2,5-6,9-12H2. The van der Waals surface area contributed by atoms with Crippen molar-refractivity contribution in [2.75, 3.05) is 11.4 Å². The van der Waals surface area contributed by atoms with Crippen LogP contribution in [0.1, 0.15) is 56.6 Å². The Balaban J connectivity index is 1.67. The zero-order valence-corrected chi connectivity index (χ0v) is 11.9. The van der Waals surface area contributed by atoms with Crippen molar-refractivity contribution in [3.63, 3.8) is 0 Å². The van der Waals surface area contributed by atoms with Crippen molar-refractivity contribution in [3.8, 4) is 0 Å². The van der Waals surface area contributed by atoms with Gasteiger partial charge in [0.15, 0.2) is 0 Å². The SMILES string of the molecule is O=C(CCC1CCCC1)N1CCC(O)c2ccccc21. The second-order valence-corrected chi connectivity index (χ2v) is 6.10. The summed E-state index contributed by atoms with van der Waals surface area (Å²) >= 11 is 0. The third kappa shape index (κ3) is 2.73. The van der Waals surface area contributed by atoms with E-state index in [1.165, 1.54) is 25.7 Å². The number of amides is 1. The predicted molar refractivity (Wildman–Crippen MR) is 79.6 cm³/mol. The number of benzene rings is 1. The molecule has 3 rings (SSSR count). The van der Waals surface area contributed by atoms with E-state index < -0.39 is 6.10 Å². The van der Waals surface area contributed by atoms with Gasteiger partial charge in [-0.3, -0.25) is 4.79 Å². The summed E-state index contributed by atoms with van der Waals surface area (Å²) in [7, 11) is 0. The Morgan fingerprint density at radius 2 is 1.95 bits per heavy atom. The molecule has 1 saturated carbocycles. The highest BCUT2D eigenvalue weighted by molar-refractivity contribution is 5.94. The Labute approximate surface area is 120 Å². The molecule has 1 fully saturated rings. The van der Waals surface area contributed by atoms with E-state index in [0.717, 1.165) is 23.6 Å². The second-order valence-electron chi connectivity index (χ2n) is 6.10. The molecule has 0 aromatic heterocycles. The Bertz CT molecular complexity index is 480.